The van der Waals surface area contributed by atoms with Crippen LogP contribution in [0.1, 0.15) is 16.9 Å². The van der Waals surface area contributed by atoms with Gasteiger partial charge in [-0.2, -0.15) is 0 Å². The highest BCUT2D eigenvalue weighted by Crippen LogP contribution is 2.30. The summed E-state index contributed by atoms with van der Waals surface area (Å²) in [6, 6.07) is 14.4. The molecule has 0 fully saturated rings. The Bertz CT molecular complexity index is 1250. The van der Waals surface area contributed by atoms with Gasteiger partial charge in [0.05, 0.1) is 40.7 Å². The summed E-state index contributed by atoms with van der Waals surface area (Å²) in [4.78, 5) is 31.5. The molecule has 1 aromatic heterocycles. The van der Waals surface area contributed by atoms with Crippen molar-refractivity contribution in [2.45, 2.75) is 19.4 Å². The minimum atomic E-state index is -0.408. The SMILES string of the molecule is COCCCN(CC(=O)N(CCc1ccc(OC)c(OC)c1)Cc1cccs1)C(=O)Nc1ccc(OC)cc1OC. The second kappa shape index (κ2) is 16.3. The van der Waals surface area contributed by atoms with Gasteiger partial charge in [0.2, 0.25) is 5.91 Å². The van der Waals surface area contributed by atoms with Crippen LogP contribution in [0.25, 0.3) is 0 Å². The molecule has 1 heterocycles. The van der Waals surface area contributed by atoms with Gasteiger partial charge in [-0.15, -0.1) is 11.3 Å². The van der Waals surface area contributed by atoms with E-state index in [2.05, 4.69) is 5.32 Å². The lowest BCUT2D eigenvalue weighted by Gasteiger charge is -2.28. The van der Waals surface area contributed by atoms with Gasteiger partial charge >= 0.3 is 6.03 Å². The van der Waals surface area contributed by atoms with Crippen LogP contribution in [0.2, 0.25) is 0 Å². The van der Waals surface area contributed by atoms with Crippen molar-refractivity contribution in [2.24, 2.45) is 0 Å². The summed E-state index contributed by atoms with van der Waals surface area (Å²) in [6.45, 7) is 1.62. The maximum absolute atomic E-state index is 13.7. The van der Waals surface area contributed by atoms with E-state index in [0.717, 1.165) is 10.4 Å². The molecule has 0 aliphatic carbocycles. The lowest BCUT2D eigenvalue weighted by Crippen LogP contribution is -2.45. The van der Waals surface area contributed by atoms with Gasteiger partial charge in [0, 0.05) is 37.7 Å². The number of carbonyl (C=O) groups excluding carboxylic acids is 2. The predicted octanol–water partition coefficient (Wildman–Crippen LogP) is 4.92. The summed E-state index contributed by atoms with van der Waals surface area (Å²) in [5.74, 6) is 2.18. The smallest absolute Gasteiger partial charge is 0.322 e. The molecule has 41 heavy (non-hydrogen) atoms. The average molecular weight is 586 g/mol. The molecule has 0 unspecified atom stereocenters. The first-order valence-corrected chi connectivity index (χ1v) is 14.1. The van der Waals surface area contributed by atoms with Crippen LogP contribution < -0.4 is 24.3 Å². The fourth-order valence-corrected chi connectivity index (χ4v) is 4.91. The Morgan fingerprint density at radius 2 is 1.61 bits per heavy atom. The summed E-state index contributed by atoms with van der Waals surface area (Å²) < 4.78 is 26.7. The number of carbonyl (C=O) groups is 2. The minimum absolute atomic E-state index is 0.0919. The van der Waals surface area contributed by atoms with Crippen molar-refractivity contribution in [3.8, 4) is 23.0 Å². The lowest BCUT2D eigenvalue weighted by atomic mass is 10.1. The summed E-state index contributed by atoms with van der Waals surface area (Å²) >= 11 is 1.59. The molecule has 0 atom stereocenters. The van der Waals surface area contributed by atoms with E-state index in [0.29, 0.717) is 67.8 Å². The minimum Gasteiger partial charge on any atom is -0.497 e. The van der Waals surface area contributed by atoms with Crippen LogP contribution in [-0.2, 0) is 22.5 Å². The van der Waals surface area contributed by atoms with Crippen LogP contribution in [0, 0.1) is 0 Å². The largest absolute Gasteiger partial charge is 0.497 e. The van der Waals surface area contributed by atoms with Gasteiger partial charge in [-0.3, -0.25) is 4.79 Å². The van der Waals surface area contributed by atoms with Crippen LogP contribution in [0.5, 0.6) is 23.0 Å². The molecule has 0 spiro atoms. The van der Waals surface area contributed by atoms with Crippen LogP contribution in [0.4, 0.5) is 10.5 Å². The zero-order valence-electron chi connectivity index (χ0n) is 24.3. The molecule has 3 aromatic rings. The first-order valence-electron chi connectivity index (χ1n) is 13.2. The second-order valence-electron chi connectivity index (χ2n) is 9.10. The highest BCUT2D eigenvalue weighted by atomic mass is 32.1. The van der Waals surface area contributed by atoms with Crippen molar-refractivity contribution in [3.05, 3.63) is 64.4 Å². The Labute approximate surface area is 245 Å². The average Bonchev–Trinajstić information content (AvgIpc) is 3.51. The third-order valence-electron chi connectivity index (χ3n) is 6.44. The first kappa shape index (κ1) is 31.6. The van der Waals surface area contributed by atoms with Crippen LogP contribution in [-0.4, -0.2) is 83.5 Å². The molecule has 3 amide bonds. The molecule has 11 heteroatoms. The van der Waals surface area contributed by atoms with Gasteiger partial charge < -0.3 is 38.8 Å². The standard InChI is InChI=1S/C30H39N3O7S/c1-36-16-7-14-33(30(35)31-25-11-10-23(37-2)19-27(25)39-4)21-29(34)32(20-24-8-6-17-41-24)15-13-22-9-12-26(38-3)28(18-22)40-5/h6,8-12,17-19H,7,13-16,20-21H2,1-5H3,(H,31,35). The van der Waals surface area contributed by atoms with Crippen LogP contribution in [0.15, 0.2) is 53.9 Å². The molecule has 0 saturated carbocycles. The molecule has 0 aliphatic rings. The van der Waals surface area contributed by atoms with Crippen molar-refractivity contribution in [1.29, 1.82) is 0 Å². The first-order chi connectivity index (χ1) is 19.9. The third-order valence-corrected chi connectivity index (χ3v) is 7.30. The van der Waals surface area contributed by atoms with Gasteiger partial charge in [-0.1, -0.05) is 12.1 Å². The monoisotopic (exact) mass is 585 g/mol. The number of amides is 3. The van der Waals surface area contributed by atoms with Crippen LogP contribution in [0.3, 0.4) is 0 Å². The summed E-state index contributed by atoms with van der Waals surface area (Å²) in [6.07, 6.45) is 1.18. The number of urea groups is 1. The number of benzene rings is 2. The van der Waals surface area contributed by atoms with Crippen molar-refractivity contribution in [1.82, 2.24) is 9.80 Å². The molecule has 0 radical (unpaired) electrons. The van der Waals surface area contributed by atoms with E-state index >= 15 is 0 Å². The maximum Gasteiger partial charge on any atom is 0.322 e. The van der Waals surface area contributed by atoms with E-state index in [4.69, 9.17) is 23.7 Å². The van der Waals surface area contributed by atoms with Crippen molar-refractivity contribution in [3.63, 3.8) is 0 Å². The fourth-order valence-electron chi connectivity index (χ4n) is 4.19. The number of thiophene rings is 1. The normalized spacial score (nSPS) is 10.6. The van der Waals surface area contributed by atoms with Gasteiger partial charge in [0.15, 0.2) is 11.5 Å². The molecular weight excluding hydrogens is 546 g/mol. The zero-order chi connectivity index (χ0) is 29.6. The quantitative estimate of drug-likeness (QED) is 0.238. The van der Waals surface area contributed by atoms with E-state index in [9.17, 15) is 9.59 Å². The third kappa shape index (κ3) is 9.29. The Balaban J connectivity index is 1.77. The Hall–Kier alpha value is -3.96. The van der Waals surface area contributed by atoms with E-state index < -0.39 is 6.03 Å². The van der Waals surface area contributed by atoms with Crippen LogP contribution >= 0.6 is 11.3 Å². The van der Waals surface area contributed by atoms with Gasteiger partial charge in [0.25, 0.3) is 0 Å². The molecule has 0 saturated heterocycles. The van der Waals surface area contributed by atoms with E-state index in [1.165, 1.54) is 12.0 Å². The van der Waals surface area contributed by atoms with Gasteiger partial charge in [0.1, 0.15) is 18.0 Å². The molecule has 3 rings (SSSR count). The topological polar surface area (TPSA) is 98.8 Å². The number of anilines is 1. The number of rotatable bonds is 16. The molecule has 0 bridgehead atoms. The van der Waals surface area contributed by atoms with Gasteiger partial charge in [-0.25, -0.2) is 4.79 Å². The zero-order valence-corrected chi connectivity index (χ0v) is 25.1. The molecule has 2 aromatic carbocycles. The van der Waals surface area contributed by atoms with Crippen molar-refractivity contribution < 1.29 is 33.3 Å². The highest BCUT2D eigenvalue weighted by Gasteiger charge is 2.23. The number of ether oxygens (including phenoxy) is 5. The molecule has 0 aliphatic heterocycles. The van der Waals surface area contributed by atoms with Crippen molar-refractivity contribution in [2.75, 3.05) is 67.1 Å². The molecule has 10 nitrogen and oxygen atoms in total. The number of nitrogens with zero attached hydrogens (tertiary/aromatic N) is 2. The highest BCUT2D eigenvalue weighted by molar-refractivity contribution is 7.09. The number of hydrogen-bond donors (Lipinski definition) is 1. The Kier molecular flexibility index (Phi) is 12.6. The van der Waals surface area contributed by atoms with E-state index in [1.807, 2.05) is 35.7 Å². The molecular formula is C30H39N3O7S. The number of nitrogens with one attached hydrogen (secondary N) is 1. The predicted molar refractivity (Wildman–Crippen MR) is 160 cm³/mol. The number of hydrogen-bond acceptors (Lipinski definition) is 8. The summed E-state index contributed by atoms with van der Waals surface area (Å²) in [5, 5.41) is 4.87. The van der Waals surface area contributed by atoms with E-state index in [-0.39, 0.29) is 12.5 Å². The Morgan fingerprint density at radius 1 is 0.829 bits per heavy atom. The maximum atomic E-state index is 13.7. The molecule has 1 N–H and O–H groups in total. The Morgan fingerprint density at radius 3 is 2.27 bits per heavy atom. The molecule has 222 valence electrons. The lowest BCUT2D eigenvalue weighted by molar-refractivity contribution is -0.132. The summed E-state index contributed by atoms with van der Waals surface area (Å²) in [5.41, 5.74) is 1.49. The number of methoxy groups -OCH3 is 5. The van der Waals surface area contributed by atoms with Gasteiger partial charge in [-0.05, 0) is 54.1 Å². The van der Waals surface area contributed by atoms with Crippen molar-refractivity contribution >= 4 is 29.0 Å². The fraction of sp³-hybridized carbons (Fsp3) is 0.400. The summed E-state index contributed by atoms with van der Waals surface area (Å²) in [7, 11) is 7.88. The second-order valence-corrected chi connectivity index (χ2v) is 10.1. The van der Waals surface area contributed by atoms with E-state index in [1.54, 1.807) is 62.9 Å².